The van der Waals surface area contributed by atoms with Gasteiger partial charge in [0.15, 0.2) is 11.4 Å². The number of hydrogen-bond acceptors (Lipinski definition) is 0. The molecule has 4 heteroatoms. The Morgan fingerprint density at radius 3 is 1.82 bits per heavy atom. The van der Waals surface area contributed by atoms with Crippen LogP contribution in [0.25, 0.3) is 38.6 Å². The van der Waals surface area contributed by atoms with E-state index in [-0.39, 0.29) is 33.0 Å². The molecule has 2 aromatic heterocycles. The largest absolute Gasteiger partial charge is 0.295 e. The predicted octanol–water partition coefficient (Wildman–Crippen LogP) is 7.19. The van der Waals surface area contributed by atoms with E-state index in [0.29, 0.717) is 5.46 Å². The number of pyridine rings is 1. The van der Waals surface area contributed by atoms with E-state index in [1.807, 2.05) is 43.3 Å². The fourth-order valence-corrected chi connectivity index (χ4v) is 10.7. The van der Waals surface area contributed by atoms with Gasteiger partial charge in [-0.1, -0.05) is 198 Å². The van der Waals surface area contributed by atoms with Gasteiger partial charge in [-0.2, -0.15) is 4.40 Å². The van der Waals surface area contributed by atoms with Gasteiger partial charge in [0.25, 0.3) is 5.65 Å². The van der Waals surface area contributed by atoms with Crippen LogP contribution in [0.4, 0.5) is 0 Å². The van der Waals surface area contributed by atoms with Crippen LogP contribution in [0.1, 0.15) is 79.1 Å². The van der Waals surface area contributed by atoms with Crippen molar-refractivity contribution in [2.24, 2.45) is 7.05 Å². The molecule has 0 atom stereocenters. The molecule has 0 amide bonds. The standard InChI is InChI=1S/C51H49B2N2/c1-30-19-16-20-31(2)43(30)52-39-27-14-15-28-40(39)53(44-32(3)21-17-22-33(44)4)45-34(5)42-37(29-41(45)52)36-25-18-26-38-47(36)55-48(51(8,9)50(38,6)7)46(54(10)49(42)55)35-23-12-11-13-24-35/h11-29H,1-10H3/q+1/i1D3,2D3,3D3. The number of fused-ring (bicyclic) bond motifs is 5. The molecule has 2 aliphatic rings. The second-order valence-electron chi connectivity index (χ2n) is 17.0. The van der Waals surface area contributed by atoms with E-state index in [2.05, 4.69) is 99.2 Å². The molecule has 2 aliphatic heterocycles. The molecule has 0 spiro atoms. The Morgan fingerprint density at radius 1 is 0.582 bits per heavy atom. The summed E-state index contributed by atoms with van der Waals surface area (Å²) < 4.78 is 84.7. The second kappa shape index (κ2) is 11.6. The number of benzene rings is 6. The number of rotatable bonds is 3. The monoisotopic (exact) mass is 720 g/mol. The van der Waals surface area contributed by atoms with Crippen molar-refractivity contribution in [3.8, 4) is 11.3 Å². The van der Waals surface area contributed by atoms with Gasteiger partial charge < -0.3 is 0 Å². The lowest BCUT2D eigenvalue weighted by Crippen LogP contribution is -2.76. The van der Waals surface area contributed by atoms with E-state index in [0.717, 1.165) is 71.6 Å². The van der Waals surface area contributed by atoms with Gasteiger partial charge in [-0.05, 0) is 40.0 Å². The summed E-state index contributed by atoms with van der Waals surface area (Å²) in [6.45, 7) is 4.23. The molecule has 0 aliphatic carbocycles. The Bertz CT molecular complexity index is 3250. The van der Waals surface area contributed by atoms with Crippen LogP contribution in [0.15, 0.2) is 115 Å². The summed E-state index contributed by atoms with van der Waals surface area (Å²) >= 11 is 0. The summed E-state index contributed by atoms with van der Waals surface area (Å²) in [5.74, 6) is 0. The molecule has 0 bridgehead atoms. The first-order valence-electron chi connectivity index (χ1n) is 23.8. The zero-order valence-corrected chi connectivity index (χ0v) is 32.5. The molecule has 268 valence electrons. The van der Waals surface area contributed by atoms with Gasteiger partial charge in [0.1, 0.15) is 5.52 Å². The van der Waals surface area contributed by atoms with Crippen LogP contribution in [0, 0.1) is 34.4 Å². The smallest absolute Gasteiger partial charge is 0.225 e. The normalized spacial score (nSPS) is 18.4. The van der Waals surface area contributed by atoms with Crippen molar-refractivity contribution in [3.63, 3.8) is 0 Å². The zero-order chi connectivity index (χ0) is 45.8. The van der Waals surface area contributed by atoms with E-state index in [9.17, 15) is 0 Å². The third-order valence-electron chi connectivity index (χ3n) is 13.8. The van der Waals surface area contributed by atoms with Crippen molar-refractivity contribution < 1.29 is 16.9 Å². The summed E-state index contributed by atoms with van der Waals surface area (Å²) in [6, 6.07) is 37.2. The Kier molecular flexibility index (Phi) is 5.41. The quantitative estimate of drug-likeness (QED) is 0.104. The molecule has 0 radical (unpaired) electrons. The topological polar surface area (TPSA) is 8.29 Å². The molecular formula is C51H49B2N2+. The number of nitrogens with zero attached hydrogens (tertiary/aromatic N) is 2. The second-order valence-corrected chi connectivity index (χ2v) is 17.0. The molecule has 0 N–H and O–H groups in total. The van der Waals surface area contributed by atoms with E-state index in [1.165, 1.54) is 17.3 Å². The summed E-state index contributed by atoms with van der Waals surface area (Å²) in [5, 5.41) is 2.98. The summed E-state index contributed by atoms with van der Waals surface area (Å²) in [5.41, 5.74) is 12.1. The number of imidazole rings is 1. The van der Waals surface area contributed by atoms with E-state index >= 15 is 0 Å². The summed E-state index contributed by atoms with van der Waals surface area (Å²) in [4.78, 5) is 0. The molecule has 4 heterocycles. The van der Waals surface area contributed by atoms with Crippen LogP contribution in [-0.4, -0.2) is 17.8 Å². The molecule has 0 saturated carbocycles. The molecule has 2 nitrogen and oxygen atoms in total. The minimum Gasteiger partial charge on any atom is -0.225 e. The third-order valence-corrected chi connectivity index (χ3v) is 13.8. The molecule has 0 fully saturated rings. The summed E-state index contributed by atoms with van der Waals surface area (Å²) in [6.07, 6.45) is 0. The van der Waals surface area contributed by atoms with Crippen LogP contribution >= 0.6 is 0 Å². The van der Waals surface area contributed by atoms with Crippen molar-refractivity contribution in [3.05, 3.63) is 154 Å². The molecule has 0 saturated heterocycles. The molecule has 0 unspecified atom stereocenters. The number of aryl methyl sites for hydroxylation is 6. The van der Waals surface area contributed by atoms with E-state index < -0.39 is 34.0 Å². The highest BCUT2D eigenvalue weighted by molar-refractivity contribution is 7.12. The van der Waals surface area contributed by atoms with Crippen LogP contribution < -0.4 is 37.3 Å². The Hall–Kier alpha value is -5.34. The van der Waals surface area contributed by atoms with Crippen LogP contribution in [0.3, 0.4) is 0 Å². The predicted molar refractivity (Wildman–Crippen MR) is 237 cm³/mol. The van der Waals surface area contributed by atoms with Crippen LogP contribution in [0.2, 0.25) is 0 Å². The first kappa shape index (κ1) is 25.7. The van der Waals surface area contributed by atoms with Gasteiger partial charge in [-0.25, -0.2) is 4.57 Å². The highest BCUT2D eigenvalue weighted by Crippen LogP contribution is 2.53. The Labute approximate surface area is 339 Å². The summed E-state index contributed by atoms with van der Waals surface area (Å²) in [7, 11) is 2.14. The lowest BCUT2D eigenvalue weighted by atomic mass is 9.20. The molecule has 8 aromatic rings. The van der Waals surface area contributed by atoms with E-state index in [1.54, 1.807) is 24.3 Å². The van der Waals surface area contributed by atoms with Gasteiger partial charge >= 0.3 is 0 Å². The third kappa shape index (κ3) is 4.32. The minimum atomic E-state index is -2.65. The van der Waals surface area contributed by atoms with Gasteiger partial charge in [-0.3, -0.25) is 0 Å². The van der Waals surface area contributed by atoms with Crippen molar-refractivity contribution >= 4 is 73.5 Å². The number of aromatic nitrogens is 2. The van der Waals surface area contributed by atoms with Gasteiger partial charge in [-0.15, -0.1) is 0 Å². The van der Waals surface area contributed by atoms with Gasteiger partial charge in [0, 0.05) is 45.1 Å². The van der Waals surface area contributed by atoms with E-state index in [4.69, 9.17) is 12.3 Å². The molecule has 55 heavy (non-hydrogen) atoms. The van der Waals surface area contributed by atoms with Gasteiger partial charge in [0.2, 0.25) is 13.4 Å². The SMILES string of the molecule is [2H]C([2H])([2H])c1cccc(C)c1B1c2ccccc2B(c2c(C([2H])([2H])[2H])cccc2C([2H])([2H])[2H])c2cc3c4cccc5c4n4c(c(-c6ccccc6)[n+](C)c4c3c(C)c21)C(C)(C)C5(C)C. The lowest BCUT2D eigenvalue weighted by molar-refractivity contribution is -0.632. The Morgan fingerprint density at radius 2 is 1.16 bits per heavy atom. The first-order chi connectivity index (χ1) is 30.0. The number of para-hydroxylation sites is 1. The van der Waals surface area contributed by atoms with Crippen LogP contribution in [-0.2, 0) is 17.9 Å². The van der Waals surface area contributed by atoms with Crippen molar-refractivity contribution in [2.45, 2.75) is 72.9 Å². The average Bonchev–Trinajstić information content (AvgIpc) is 3.54. The highest BCUT2D eigenvalue weighted by Gasteiger charge is 2.53. The maximum atomic E-state index is 8.88. The highest BCUT2D eigenvalue weighted by atomic mass is 15.1. The number of hydrogen-bond donors (Lipinski definition) is 0. The average molecular weight is 721 g/mol. The zero-order valence-electron chi connectivity index (χ0n) is 41.5. The maximum absolute atomic E-state index is 8.88. The fourth-order valence-electron chi connectivity index (χ4n) is 10.7. The van der Waals surface area contributed by atoms with Crippen molar-refractivity contribution in [1.82, 2.24) is 4.40 Å². The molecule has 10 rings (SSSR count). The first-order valence-corrected chi connectivity index (χ1v) is 19.3. The fraction of sp³-hybridized carbons (Fsp3) is 0.235. The maximum Gasteiger partial charge on any atom is 0.295 e. The lowest BCUT2D eigenvalue weighted by Gasteiger charge is -2.43. The van der Waals surface area contributed by atoms with Crippen molar-refractivity contribution in [2.75, 3.05) is 0 Å². The molecular weight excluding hydrogens is 662 g/mol. The van der Waals surface area contributed by atoms with Crippen molar-refractivity contribution in [1.29, 1.82) is 0 Å². The van der Waals surface area contributed by atoms with Crippen LogP contribution in [0.5, 0.6) is 0 Å². The molecule has 6 aromatic carbocycles. The van der Waals surface area contributed by atoms with Gasteiger partial charge in [0.05, 0.1) is 12.4 Å². The minimum absolute atomic E-state index is 0.0155. The Balaban J connectivity index is 1.49.